The third kappa shape index (κ3) is 3.41. The van der Waals surface area contributed by atoms with Crippen molar-refractivity contribution in [2.45, 2.75) is 40.0 Å². The molecule has 0 saturated heterocycles. The van der Waals surface area contributed by atoms with Gasteiger partial charge in [0.05, 0.1) is 0 Å². The molecule has 0 fully saturated rings. The van der Waals surface area contributed by atoms with Gasteiger partial charge in [-0.3, -0.25) is 4.79 Å². The molecule has 2 N–H and O–H groups in total. The third-order valence-corrected chi connectivity index (χ3v) is 3.98. The Balaban J connectivity index is 2.24. The Hall–Kier alpha value is -1.48. The largest absolute Gasteiger partial charge is 0.361 e. The van der Waals surface area contributed by atoms with Crippen LogP contribution in [0.15, 0.2) is 24.4 Å². The minimum atomic E-state index is -0.371. The number of amides is 1. The predicted octanol–water partition coefficient (Wildman–Crippen LogP) is 4.26. The van der Waals surface area contributed by atoms with Gasteiger partial charge in [-0.25, -0.2) is 0 Å². The van der Waals surface area contributed by atoms with E-state index in [2.05, 4.69) is 24.1 Å². The van der Waals surface area contributed by atoms with Gasteiger partial charge >= 0.3 is 0 Å². The van der Waals surface area contributed by atoms with E-state index in [0.717, 1.165) is 15.9 Å². The average Bonchev–Trinajstić information content (AvgIpc) is 2.78. The van der Waals surface area contributed by atoms with E-state index >= 15 is 0 Å². The standard InChI is InChI=1S/C17H23ClN2O/c1-16(2,3)15(21)20-10-17(4,5)13-9-19-14-8-11(18)6-7-12(13)14/h6-9,19H,10H2,1-5H3,(H,20,21). The van der Waals surface area contributed by atoms with Crippen molar-refractivity contribution in [1.29, 1.82) is 0 Å². The fraction of sp³-hybridized carbons (Fsp3) is 0.471. The van der Waals surface area contributed by atoms with Crippen LogP contribution in [-0.4, -0.2) is 17.4 Å². The second kappa shape index (κ2) is 5.38. The highest BCUT2D eigenvalue weighted by Crippen LogP contribution is 2.31. The average molecular weight is 307 g/mol. The number of halogens is 1. The molecule has 114 valence electrons. The summed E-state index contributed by atoms with van der Waals surface area (Å²) < 4.78 is 0. The van der Waals surface area contributed by atoms with Crippen LogP contribution in [0.3, 0.4) is 0 Å². The van der Waals surface area contributed by atoms with Crippen molar-refractivity contribution in [3.05, 3.63) is 35.0 Å². The summed E-state index contributed by atoms with van der Waals surface area (Å²) in [6.45, 7) is 10.6. The maximum absolute atomic E-state index is 12.1. The number of hydrogen-bond acceptors (Lipinski definition) is 1. The molecule has 0 aliphatic heterocycles. The van der Waals surface area contributed by atoms with E-state index in [1.54, 1.807) is 0 Å². The summed E-state index contributed by atoms with van der Waals surface area (Å²) in [5.41, 5.74) is 1.67. The first-order valence-corrected chi connectivity index (χ1v) is 7.54. The van der Waals surface area contributed by atoms with Crippen LogP contribution in [0.25, 0.3) is 10.9 Å². The summed E-state index contributed by atoms with van der Waals surface area (Å²) in [4.78, 5) is 15.3. The Labute approximate surface area is 131 Å². The Morgan fingerprint density at radius 1 is 1.24 bits per heavy atom. The molecule has 1 amide bonds. The molecule has 2 rings (SSSR count). The Morgan fingerprint density at radius 3 is 2.52 bits per heavy atom. The van der Waals surface area contributed by atoms with Crippen LogP contribution >= 0.6 is 11.6 Å². The zero-order chi connectivity index (χ0) is 15.8. The van der Waals surface area contributed by atoms with Crippen molar-refractivity contribution in [3.63, 3.8) is 0 Å². The Kier molecular flexibility index (Phi) is 4.07. The molecule has 0 radical (unpaired) electrons. The van der Waals surface area contributed by atoms with Gasteiger partial charge in [-0.2, -0.15) is 0 Å². The maximum atomic E-state index is 12.1. The van der Waals surface area contributed by atoms with Crippen molar-refractivity contribution in [2.75, 3.05) is 6.54 Å². The number of fused-ring (bicyclic) bond motifs is 1. The van der Waals surface area contributed by atoms with Gasteiger partial charge in [0.1, 0.15) is 0 Å². The highest BCUT2D eigenvalue weighted by atomic mass is 35.5. The van der Waals surface area contributed by atoms with Crippen LogP contribution in [0.4, 0.5) is 0 Å². The molecule has 0 aliphatic rings. The first-order valence-electron chi connectivity index (χ1n) is 7.17. The summed E-state index contributed by atoms with van der Waals surface area (Å²) >= 11 is 6.02. The lowest BCUT2D eigenvalue weighted by molar-refractivity contribution is -0.128. The second-order valence-corrected chi connectivity index (χ2v) is 7.65. The fourth-order valence-corrected chi connectivity index (χ4v) is 2.49. The lowest BCUT2D eigenvalue weighted by Gasteiger charge is -2.27. The number of H-pyrrole nitrogens is 1. The Bertz CT molecular complexity index is 665. The van der Waals surface area contributed by atoms with Crippen LogP contribution < -0.4 is 5.32 Å². The van der Waals surface area contributed by atoms with Crippen LogP contribution in [0.5, 0.6) is 0 Å². The lowest BCUT2D eigenvalue weighted by Crippen LogP contribution is -2.41. The molecule has 1 aromatic heterocycles. The minimum Gasteiger partial charge on any atom is -0.361 e. The molecule has 3 nitrogen and oxygen atoms in total. The predicted molar refractivity (Wildman–Crippen MR) is 88.8 cm³/mol. The van der Waals surface area contributed by atoms with E-state index in [-0.39, 0.29) is 16.7 Å². The third-order valence-electron chi connectivity index (χ3n) is 3.74. The fourth-order valence-electron chi connectivity index (χ4n) is 2.32. The number of hydrogen-bond donors (Lipinski definition) is 2. The molecule has 0 saturated carbocycles. The van der Waals surface area contributed by atoms with Crippen LogP contribution in [0.2, 0.25) is 5.02 Å². The molecule has 0 spiro atoms. The number of carbonyl (C=O) groups excluding carboxylic acids is 1. The SMILES string of the molecule is CC(C)(C)C(=O)NCC(C)(C)c1c[nH]c2cc(Cl)ccc12. The number of benzene rings is 1. The van der Waals surface area contributed by atoms with Gasteiger partial charge in [-0.15, -0.1) is 0 Å². The van der Waals surface area contributed by atoms with Crippen molar-refractivity contribution >= 4 is 28.4 Å². The van der Waals surface area contributed by atoms with E-state index < -0.39 is 0 Å². The number of carbonyl (C=O) groups is 1. The molecule has 0 bridgehead atoms. The summed E-state index contributed by atoms with van der Waals surface area (Å²) in [7, 11) is 0. The highest BCUT2D eigenvalue weighted by molar-refractivity contribution is 6.31. The van der Waals surface area contributed by atoms with Crippen molar-refractivity contribution in [3.8, 4) is 0 Å². The summed E-state index contributed by atoms with van der Waals surface area (Å²) in [6, 6.07) is 5.84. The molecule has 1 aromatic carbocycles. The van der Waals surface area contributed by atoms with E-state index in [4.69, 9.17) is 11.6 Å². The zero-order valence-corrected chi connectivity index (χ0v) is 14.1. The van der Waals surface area contributed by atoms with Gasteiger partial charge in [0.25, 0.3) is 0 Å². The smallest absolute Gasteiger partial charge is 0.225 e. The summed E-state index contributed by atoms with van der Waals surface area (Å²) in [6.07, 6.45) is 2.00. The molecular weight excluding hydrogens is 284 g/mol. The van der Waals surface area contributed by atoms with Crippen molar-refractivity contribution < 1.29 is 4.79 Å². The normalized spacial score (nSPS) is 12.7. The summed E-state index contributed by atoms with van der Waals surface area (Å²) in [5, 5.41) is 4.91. The molecular formula is C17H23ClN2O. The van der Waals surface area contributed by atoms with Crippen LogP contribution in [0.1, 0.15) is 40.2 Å². The van der Waals surface area contributed by atoms with E-state index in [1.807, 2.05) is 45.2 Å². The first-order chi connectivity index (χ1) is 9.61. The van der Waals surface area contributed by atoms with Crippen LogP contribution in [-0.2, 0) is 10.2 Å². The van der Waals surface area contributed by atoms with Crippen molar-refractivity contribution in [2.24, 2.45) is 5.41 Å². The van der Waals surface area contributed by atoms with Gasteiger partial charge in [0.2, 0.25) is 5.91 Å². The quantitative estimate of drug-likeness (QED) is 0.874. The van der Waals surface area contributed by atoms with Gasteiger partial charge in [-0.1, -0.05) is 52.3 Å². The molecule has 4 heteroatoms. The van der Waals surface area contributed by atoms with Gasteiger partial charge in [-0.05, 0) is 17.7 Å². The summed E-state index contributed by atoms with van der Waals surface area (Å²) in [5.74, 6) is 0.0680. The topological polar surface area (TPSA) is 44.9 Å². The van der Waals surface area contributed by atoms with Gasteiger partial charge in [0, 0.05) is 39.5 Å². The van der Waals surface area contributed by atoms with Crippen LogP contribution in [0, 0.1) is 5.41 Å². The number of rotatable bonds is 3. The first kappa shape index (κ1) is 15.9. The highest BCUT2D eigenvalue weighted by Gasteiger charge is 2.27. The molecule has 0 atom stereocenters. The lowest BCUT2D eigenvalue weighted by atomic mass is 9.84. The molecule has 0 aliphatic carbocycles. The molecule has 0 unspecified atom stereocenters. The van der Waals surface area contributed by atoms with Gasteiger partial charge < -0.3 is 10.3 Å². The van der Waals surface area contributed by atoms with E-state index in [9.17, 15) is 4.79 Å². The maximum Gasteiger partial charge on any atom is 0.225 e. The Morgan fingerprint density at radius 2 is 1.90 bits per heavy atom. The van der Waals surface area contributed by atoms with Crippen molar-refractivity contribution in [1.82, 2.24) is 10.3 Å². The molecule has 1 heterocycles. The molecule has 2 aromatic rings. The number of aromatic nitrogens is 1. The minimum absolute atomic E-state index is 0.0680. The van der Waals surface area contributed by atoms with E-state index in [1.165, 1.54) is 5.56 Å². The van der Waals surface area contributed by atoms with Gasteiger partial charge in [0.15, 0.2) is 0 Å². The number of nitrogens with one attached hydrogen (secondary N) is 2. The van der Waals surface area contributed by atoms with E-state index in [0.29, 0.717) is 6.54 Å². The zero-order valence-electron chi connectivity index (χ0n) is 13.3. The number of aromatic amines is 1. The monoisotopic (exact) mass is 306 g/mol. The molecule has 21 heavy (non-hydrogen) atoms. The second-order valence-electron chi connectivity index (χ2n) is 7.21.